The SMILES string of the molecule is N[C@H]1CCN(S(=O)(=O)[C@@H]2CCCOC2)C1. The molecular weight excluding hydrogens is 216 g/mol. The zero-order chi connectivity index (χ0) is 10.9. The van der Waals surface area contributed by atoms with Crippen LogP contribution in [0.5, 0.6) is 0 Å². The first-order valence-corrected chi connectivity index (χ1v) is 6.93. The van der Waals surface area contributed by atoms with Gasteiger partial charge in [0.1, 0.15) is 0 Å². The predicted octanol–water partition coefficient (Wildman–Crippen LogP) is -0.472. The number of nitrogens with zero attached hydrogens (tertiary/aromatic N) is 1. The lowest BCUT2D eigenvalue weighted by Crippen LogP contribution is -2.42. The molecule has 2 fully saturated rings. The molecule has 0 aliphatic carbocycles. The van der Waals surface area contributed by atoms with Gasteiger partial charge >= 0.3 is 0 Å². The molecule has 0 aromatic rings. The Hall–Kier alpha value is -0.170. The normalized spacial score (nSPS) is 34.5. The molecule has 0 spiro atoms. The monoisotopic (exact) mass is 234 g/mol. The summed E-state index contributed by atoms with van der Waals surface area (Å²) < 4.78 is 31.0. The van der Waals surface area contributed by atoms with Crippen LogP contribution in [0.2, 0.25) is 0 Å². The van der Waals surface area contributed by atoms with Gasteiger partial charge in [0.15, 0.2) is 0 Å². The lowest BCUT2D eigenvalue weighted by molar-refractivity contribution is 0.0977. The van der Waals surface area contributed by atoms with Crippen LogP contribution in [0.15, 0.2) is 0 Å². The van der Waals surface area contributed by atoms with Crippen molar-refractivity contribution in [1.29, 1.82) is 0 Å². The maximum Gasteiger partial charge on any atom is 0.219 e. The third-order valence-corrected chi connectivity index (χ3v) is 5.35. The summed E-state index contributed by atoms with van der Waals surface area (Å²) in [6.45, 7) is 2.07. The highest BCUT2D eigenvalue weighted by Crippen LogP contribution is 2.21. The minimum absolute atomic E-state index is 0.00397. The summed E-state index contributed by atoms with van der Waals surface area (Å²) in [5.41, 5.74) is 5.71. The van der Waals surface area contributed by atoms with E-state index in [1.54, 1.807) is 0 Å². The fourth-order valence-electron chi connectivity index (χ4n) is 2.14. The van der Waals surface area contributed by atoms with E-state index in [4.69, 9.17) is 10.5 Å². The molecule has 6 heteroatoms. The molecule has 0 aromatic heterocycles. The third kappa shape index (κ3) is 2.33. The Bertz CT molecular complexity index is 301. The number of ether oxygens (including phenoxy) is 1. The molecule has 2 rings (SSSR count). The number of sulfonamides is 1. The molecule has 0 bridgehead atoms. The summed E-state index contributed by atoms with van der Waals surface area (Å²) in [7, 11) is -3.17. The lowest BCUT2D eigenvalue weighted by atomic mass is 10.2. The second-order valence-corrected chi connectivity index (χ2v) is 6.50. The molecule has 0 amide bonds. The third-order valence-electron chi connectivity index (χ3n) is 3.09. The predicted molar refractivity (Wildman–Crippen MR) is 56.9 cm³/mol. The highest BCUT2D eigenvalue weighted by molar-refractivity contribution is 7.89. The van der Waals surface area contributed by atoms with E-state index >= 15 is 0 Å². The van der Waals surface area contributed by atoms with Crippen molar-refractivity contribution < 1.29 is 13.2 Å². The summed E-state index contributed by atoms with van der Waals surface area (Å²) >= 11 is 0. The van der Waals surface area contributed by atoms with Gasteiger partial charge in [-0.15, -0.1) is 0 Å². The van der Waals surface area contributed by atoms with Crippen LogP contribution in [0.3, 0.4) is 0 Å². The summed E-state index contributed by atoms with van der Waals surface area (Å²) in [6, 6.07) is 0.00397. The van der Waals surface area contributed by atoms with Crippen LogP contribution >= 0.6 is 0 Å². The van der Waals surface area contributed by atoms with Crippen LogP contribution < -0.4 is 5.73 Å². The van der Waals surface area contributed by atoms with Gasteiger partial charge < -0.3 is 10.5 Å². The highest BCUT2D eigenvalue weighted by atomic mass is 32.2. The van der Waals surface area contributed by atoms with Crippen molar-refractivity contribution in [3.8, 4) is 0 Å². The second-order valence-electron chi connectivity index (χ2n) is 4.29. The Morgan fingerprint density at radius 1 is 1.33 bits per heavy atom. The van der Waals surface area contributed by atoms with Crippen LogP contribution in [-0.2, 0) is 14.8 Å². The molecule has 2 aliphatic rings. The van der Waals surface area contributed by atoms with Crippen molar-refractivity contribution in [2.45, 2.75) is 30.6 Å². The minimum Gasteiger partial charge on any atom is -0.380 e. The fourth-order valence-corrected chi connectivity index (χ4v) is 4.06. The molecule has 2 heterocycles. The molecule has 0 aromatic carbocycles. The first kappa shape index (κ1) is 11.3. The molecular formula is C9H18N2O3S. The molecule has 0 unspecified atom stereocenters. The smallest absolute Gasteiger partial charge is 0.219 e. The van der Waals surface area contributed by atoms with Gasteiger partial charge in [-0.05, 0) is 19.3 Å². The molecule has 0 saturated carbocycles. The van der Waals surface area contributed by atoms with Gasteiger partial charge in [0.25, 0.3) is 0 Å². The van der Waals surface area contributed by atoms with Crippen molar-refractivity contribution in [2.75, 3.05) is 26.3 Å². The Morgan fingerprint density at radius 3 is 2.67 bits per heavy atom. The van der Waals surface area contributed by atoms with Gasteiger partial charge in [0, 0.05) is 25.7 Å². The van der Waals surface area contributed by atoms with Gasteiger partial charge in [-0.25, -0.2) is 8.42 Å². The molecule has 2 saturated heterocycles. The average Bonchev–Trinajstić information content (AvgIpc) is 2.67. The molecule has 0 radical (unpaired) electrons. The second kappa shape index (κ2) is 4.37. The van der Waals surface area contributed by atoms with E-state index in [0.717, 1.165) is 12.8 Å². The van der Waals surface area contributed by atoms with Crippen molar-refractivity contribution in [3.63, 3.8) is 0 Å². The lowest BCUT2D eigenvalue weighted by Gasteiger charge is -2.26. The van der Waals surface area contributed by atoms with Gasteiger partial charge in [0.2, 0.25) is 10.0 Å². The molecule has 5 nitrogen and oxygen atoms in total. The first-order chi connectivity index (χ1) is 7.10. The van der Waals surface area contributed by atoms with Gasteiger partial charge in [-0.2, -0.15) is 4.31 Å². The standard InChI is InChI=1S/C9H18N2O3S/c10-8-3-4-11(6-8)15(12,13)9-2-1-5-14-7-9/h8-9H,1-7,10H2/t8-,9+/m0/s1. The van der Waals surface area contributed by atoms with E-state index in [9.17, 15) is 8.42 Å². The highest BCUT2D eigenvalue weighted by Gasteiger charge is 2.36. The largest absolute Gasteiger partial charge is 0.380 e. The summed E-state index contributed by atoms with van der Waals surface area (Å²) in [5, 5.41) is -0.350. The molecule has 2 atom stereocenters. The van der Waals surface area contributed by atoms with E-state index in [-0.39, 0.29) is 11.3 Å². The van der Waals surface area contributed by atoms with Gasteiger partial charge in [-0.3, -0.25) is 0 Å². The zero-order valence-electron chi connectivity index (χ0n) is 8.76. The number of hydrogen-bond acceptors (Lipinski definition) is 4. The van der Waals surface area contributed by atoms with Crippen LogP contribution in [0.1, 0.15) is 19.3 Å². The number of rotatable bonds is 2. The maximum absolute atomic E-state index is 12.1. The van der Waals surface area contributed by atoms with Crippen LogP contribution in [0.25, 0.3) is 0 Å². The Morgan fingerprint density at radius 2 is 2.13 bits per heavy atom. The number of hydrogen-bond donors (Lipinski definition) is 1. The summed E-state index contributed by atoms with van der Waals surface area (Å²) in [5.74, 6) is 0. The van der Waals surface area contributed by atoms with Crippen molar-refractivity contribution in [3.05, 3.63) is 0 Å². The molecule has 15 heavy (non-hydrogen) atoms. The van der Waals surface area contributed by atoms with E-state index in [1.807, 2.05) is 0 Å². The average molecular weight is 234 g/mol. The van der Waals surface area contributed by atoms with Crippen LogP contribution in [0, 0.1) is 0 Å². The molecule has 2 aliphatic heterocycles. The Kier molecular flexibility index (Phi) is 3.30. The van der Waals surface area contributed by atoms with E-state index in [0.29, 0.717) is 32.7 Å². The van der Waals surface area contributed by atoms with Gasteiger partial charge in [-0.1, -0.05) is 0 Å². The topological polar surface area (TPSA) is 72.6 Å². The molecule has 88 valence electrons. The van der Waals surface area contributed by atoms with E-state index in [2.05, 4.69) is 0 Å². The van der Waals surface area contributed by atoms with Crippen molar-refractivity contribution >= 4 is 10.0 Å². The number of nitrogens with two attached hydrogens (primary N) is 1. The quantitative estimate of drug-likeness (QED) is 0.701. The molecule has 2 N–H and O–H groups in total. The fraction of sp³-hybridized carbons (Fsp3) is 1.00. The maximum atomic E-state index is 12.1. The van der Waals surface area contributed by atoms with Crippen molar-refractivity contribution in [1.82, 2.24) is 4.31 Å². The van der Waals surface area contributed by atoms with Crippen molar-refractivity contribution in [2.24, 2.45) is 5.73 Å². The summed E-state index contributed by atoms with van der Waals surface area (Å²) in [6.07, 6.45) is 2.32. The van der Waals surface area contributed by atoms with E-state index < -0.39 is 10.0 Å². The Balaban J connectivity index is 2.05. The van der Waals surface area contributed by atoms with Gasteiger partial charge in [0.05, 0.1) is 11.9 Å². The summed E-state index contributed by atoms with van der Waals surface area (Å²) in [4.78, 5) is 0. The zero-order valence-corrected chi connectivity index (χ0v) is 9.58. The Labute approximate surface area is 90.6 Å². The van der Waals surface area contributed by atoms with E-state index in [1.165, 1.54) is 4.31 Å². The van der Waals surface area contributed by atoms with Crippen LogP contribution in [-0.4, -0.2) is 50.3 Å². The van der Waals surface area contributed by atoms with Crippen LogP contribution in [0.4, 0.5) is 0 Å². The minimum atomic E-state index is -3.17. The first-order valence-electron chi connectivity index (χ1n) is 5.43.